The van der Waals surface area contributed by atoms with Crippen molar-refractivity contribution in [2.75, 3.05) is 17.7 Å². The van der Waals surface area contributed by atoms with Gasteiger partial charge in [0.25, 0.3) is 0 Å². The summed E-state index contributed by atoms with van der Waals surface area (Å²) in [4.78, 5) is 23.0. The van der Waals surface area contributed by atoms with Gasteiger partial charge in [0.2, 0.25) is 5.82 Å². The zero-order valence-electron chi connectivity index (χ0n) is 15.0. The molecule has 2 N–H and O–H groups in total. The van der Waals surface area contributed by atoms with Crippen LogP contribution in [0.2, 0.25) is 0 Å². The lowest BCUT2D eigenvalue weighted by Crippen LogP contribution is -2.20. The number of thiophene rings is 1. The van der Waals surface area contributed by atoms with E-state index in [4.69, 9.17) is 17.0 Å². The number of nitrogens with one attached hydrogen (secondary N) is 2. The van der Waals surface area contributed by atoms with Gasteiger partial charge in [-0.25, -0.2) is 4.79 Å². The molecule has 0 fully saturated rings. The molecule has 3 rings (SSSR count). The molecular weight excluding hydrogens is 417 g/mol. The summed E-state index contributed by atoms with van der Waals surface area (Å²) in [6.07, 6.45) is 0. The van der Waals surface area contributed by atoms with Crippen molar-refractivity contribution >= 4 is 51.0 Å². The number of anilines is 2. The van der Waals surface area contributed by atoms with Crippen molar-refractivity contribution in [3.63, 3.8) is 0 Å². The van der Waals surface area contributed by atoms with Crippen LogP contribution < -0.4 is 10.6 Å². The first-order chi connectivity index (χ1) is 13.9. The molecule has 2 aromatic carbocycles. The summed E-state index contributed by atoms with van der Waals surface area (Å²) in [5.41, 5.74) is 0.778. The molecule has 1 aromatic heterocycles. The van der Waals surface area contributed by atoms with Gasteiger partial charge < -0.3 is 15.4 Å². The van der Waals surface area contributed by atoms with E-state index >= 15 is 0 Å². The Bertz CT molecular complexity index is 1090. The number of hydrogen-bond donors (Lipinski definition) is 2. The Labute approximate surface area is 174 Å². The zero-order chi connectivity index (χ0) is 21.0. The minimum absolute atomic E-state index is 0.0810. The molecule has 29 heavy (non-hydrogen) atoms. The molecule has 0 spiro atoms. The Kier molecular flexibility index (Phi) is 6.15. The number of halogens is 1. The van der Waals surface area contributed by atoms with Crippen molar-refractivity contribution in [2.45, 2.75) is 0 Å². The first-order valence-electron chi connectivity index (χ1n) is 8.18. The number of benzene rings is 2. The molecule has 3 aromatic rings. The fourth-order valence-electron chi connectivity index (χ4n) is 2.49. The maximum Gasteiger partial charge on any atom is 0.340 e. The minimum atomic E-state index is -0.946. The zero-order valence-corrected chi connectivity index (χ0v) is 16.6. The smallest absolute Gasteiger partial charge is 0.340 e. The van der Waals surface area contributed by atoms with E-state index in [2.05, 4.69) is 10.6 Å². The van der Waals surface area contributed by atoms with Gasteiger partial charge in [-0.15, -0.1) is 11.3 Å². The molecule has 0 atom stereocenters. The number of methoxy groups -OCH3 is 1. The standard InChI is InChI=1S/C19H14FN3O4S2/c1-27-18(24)13-10-16(11-5-3-2-4-6-11)29-17(13)22-19(28)21-12-7-8-14(20)15(9-12)23(25)26/h2-10H,1H3,(H2,21,22,28). The van der Waals surface area contributed by atoms with E-state index < -0.39 is 22.4 Å². The number of esters is 1. The fraction of sp³-hybridized carbons (Fsp3) is 0.0526. The molecule has 0 saturated carbocycles. The van der Waals surface area contributed by atoms with Crippen molar-refractivity contribution in [1.29, 1.82) is 0 Å². The highest BCUT2D eigenvalue weighted by molar-refractivity contribution is 7.80. The van der Waals surface area contributed by atoms with Gasteiger partial charge >= 0.3 is 11.7 Å². The summed E-state index contributed by atoms with van der Waals surface area (Å²) in [6.45, 7) is 0. The van der Waals surface area contributed by atoms with E-state index in [1.54, 1.807) is 6.07 Å². The topological polar surface area (TPSA) is 93.5 Å². The van der Waals surface area contributed by atoms with E-state index in [1.165, 1.54) is 24.5 Å². The van der Waals surface area contributed by atoms with Crippen molar-refractivity contribution < 1.29 is 18.8 Å². The molecule has 0 aliphatic heterocycles. The number of carbonyl (C=O) groups is 1. The highest BCUT2D eigenvalue weighted by Crippen LogP contribution is 2.36. The molecule has 0 amide bonds. The number of thiocarbonyl (C=S) groups is 1. The maximum atomic E-state index is 13.5. The molecule has 0 bridgehead atoms. The van der Waals surface area contributed by atoms with Crippen LogP contribution in [-0.4, -0.2) is 23.1 Å². The number of nitrogens with zero attached hydrogens (tertiary/aromatic N) is 1. The van der Waals surface area contributed by atoms with Crippen LogP contribution in [0.5, 0.6) is 0 Å². The maximum absolute atomic E-state index is 13.5. The van der Waals surface area contributed by atoms with Crippen LogP contribution in [0.4, 0.5) is 20.8 Å². The average Bonchev–Trinajstić information content (AvgIpc) is 3.13. The van der Waals surface area contributed by atoms with Gasteiger partial charge in [-0.1, -0.05) is 30.3 Å². The van der Waals surface area contributed by atoms with Crippen LogP contribution in [-0.2, 0) is 4.74 Å². The SMILES string of the molecule is COC(=O)c1cc(-c2ccccc2)sc1NC(=S)Nc1ccc(F)c([N+](=O)[O-])c1. The lowest BCUT2D eigenvalue weighted by Gasteiger charge is -2.10. The Morgan fingerprint density at radius 2 is 1.90 bits per heavy atom. The molecular formula is C19H14FN3O4S2. The van der Waals surface area contributed by atoms with Gasteiger partial charge in [-0.3, -0.25) is 10.1 Å². The van der Waals surface area contributed by atoms with Crippen molar-refractivity contribution in [3.05, 3.63) is 76.1 Å². The Morgan fingerprint density at radius 3 is 2.55 bits per heavy atom. The van der Waals surface area contributed by atoms with Crippen LogP contribution in [0.25, 0.3) is 10.4 Å². The quantitative estimate of drug-likeness (QED) is 0.252. The average molecular weight is 431 g/mol. The Morgan fingerprint density at radius 1 is 1.17 bits per heavy atom. The Hall–Kier alpha value is -3.37. The van der Waals surface area contributed by atoms with Crippen molar-refractivity contribution in [1.82, 2.24) is 0 Å². The molecule has 0 saturated heterocycles. The second kappa shape index (κ2) is 8.76. The first-order valence-corrected chi connectivity index (χ1v) is 9.41. The summed E-state index contributed by atoms with van der Waals surface area (Å²) in [5, 5.41) is 17.1. The van der Waals surface area contributed by atoms with Crippen LogP contribution >= 0.6 is 23.6 Å². The van der Waals surface area contributed by atoms with Gasteiger partial charge in [0.1, 0.15) is 5.00 Å². The molecule has 0 unspecified atom stereocenters. The van der Waals surface area contributed by atoms with E-state index in [9.17, 15) is 19.3 Å². The fourth-order valence-corrected chi connectivity index (χ4v) is 3.83. The summed E-state index contributed by atoms with van der Waals surface area (Å²) in [5.74, 6) is -1.48. The molecule has 1 heterocycles. The third-order valence-corrected chi connectivity index (χ3v) is 5.13. The van der Waals surface area contributed by atoms with Crippen LogP contribution in [0.15, 0.2) is 54.6 Å². The predicted octanol–water partition coefficient (Wildman–Crippen LogP) is 5.06. The number of rotatable bonds is 5. The van der Waals surface area contributed by atoms with Crippen LogP contribution in [0, 0.1) is 15.9 Å². The normalized spacial score (nSPS) is 10.3. The highest BCUT2D eigenvalue weighted by Gasteiger charge is 2.19. The first kappa shape index (κ1) is 20.4. The van der Waals surface area contributed by atoms with E-state index in [0.717, 1.165) is 22.6 Å². The predicted molar refractivity (Wildman–Crippen MR) is 114 cm³/mol. The summed E-state index contributed by atoms with van der Waals surface area (Å²) in [6, 6.07) is 14.5. The lowest BCUT2D eigenvalue weighted by atomic mass is 10.1. The lowest BCUT2D eigenvalue weighted by molar-refractivity contribution is -0.387. The number of ether oxygens (including phenoxy) is 1. The van der Waals surface area contributed by atoms with E-state index in [0.29, 0.717) is 10.6 Å². The second-order valence-corrected chi connectivity index (χ2v) is 7.17. The summed E-state index contributed by atoms with van der Waals surface area (Å²) >= 11 is 6.53. The van der Waals surface area contributed by atoms with Crippen molar-refractivity contribution in [2.24, 2.45) is 0 Å². The monoisotopic (exact) mass is 431 g/mol. The number of hydrogen-bond acceptors (Lipinski definition) is 6. The van der Waals surface area contributed by atoms with E-state index in [-0.39, 0.29) is 10.8 Å². The molecule has 0 aliphatic carbocycles. The van der Waals surface area contributed by atoms with Gasteiger partial charge in [0.15, 0.2) is 5.11 Å². The second-order valence-electron chi connectivity index (χ2n) is 5.71. The summed E-state index contributed by atoms with van der Waals surface area (Å²) in [7, 11) is 1.28. The van der Waals surface area contributed by atoms with E-state index in [1.807, 2.05) is 30.3 Å². The molecule has 0 aliphatic rings. The molecule has 10 heteroatoms. The van der Waals surface area contributed by atoms with Gasteiger partial charge in [-0.05, 0) is 36.0 Å². The molecule has 148 valence electrons. The minimum Gasteiger partial charge on any atom is -0.465 e. The van der Waals surface area contributed by atoms with Gasteiger partial charge in [0.05, 0.1) is 17.6 Å². The van der Waals surface area contributed by atoms with Gasteiger partial charge in [-0.2, -0.15) is 4.39 Å². The number of carbonyl (C=O) groups excluding carboxylic acids is 1. The van der Waals surface area contributed by atoms with Crippen molar-refractivity contribution in [3.8, 4) is 10.4 Å². The Balaban J connectivity index is 1.84. The highest BCUT2D eigenvalue weighted by atomic mass is 32.1. The third-order valence-electron chi connectivity index (χ3n) is 3.82. The molecule has 0 radical (unpaired) electrons. The number of nitro groups is 1. The van der Waals surface area contributed by atoms with Crippen LogP contribution in [0.3, 0.4) is 0 Å². The number of nitro benzene ring substituents is 1. The largest absolute Gasteiger partial charge is 0.465 e. The summed E-state index contributed by atoms with van der Waals surface area (Å²) < 4.78 is 18.3. The third kappa shape index (κ3) is 4.73. The van der Waals surface area contributed by atoms with Gasteiger partial charge in [0, 0.05) is 16.6 Å². The van der Waals surface area contributed by atoms with Crippen LogP contribution in [0.1, 0.15) is 10.4 Å². The molecule has 7 nitrogen and oxygen atoms in total.